The quantitative estimate of drug-likeness (QED) is 0.597. The maximum Gasteiger partial charge on any atom is 0.195 e. The summed E-state index contributed by atoms with van der Waals surface area (Å²) in [6.07, 6.45) is 1.78. The third-order valence-electron chi connectivity index (χ3n) is 2.90. The lowest BCUT2D eigenvalue weighted by molar-refractivity contribution is 0.105. The molecule has 0 aliphatic carbocycles. The first-order valence-electron chi connectivity index (χ1n) is 6.42. The molecule has 0 aliphatic heterocycles. The number of halogens is 2. The number of ketones is 1. The number of rotatable bonds is 4. The Morgan fingerprint density at radius 2 is 1.62 bits per heavy atom. The third kappa shape index (κ3) is 3.87. The molecule has 2 aromatic carbocycles. The Hall–Kier alpha value is -1.77. The molecular formula is C17H15Cl2NO. The Morgan fingerprint density at radius 3 is 2.19 bits per heavy atom. The van der Waals surface area contributed by atoms with Crippen molar-refractivity contribution < 1.29 is 4.79 Å². The molecule has 2 aromatic rings. The number of hydrogen-bond donors (Lipinski definition) is 0. The van der Waals surface area contributed by atoms with Gasteiger partial charge in [-0.2, -0.15) is 0 Å². The minimum absolute atomic E-state index is 0.0894. The van der Waals surface area contributed by atoms with E-state index in [1.165, 1.54) is 0 Å². The van der Waals surface area contributed by atoms with Gasteiger partial charge < -0.3 is 4.90 Å². The Labute approximate surface area is 134 Å². The van der Waals surface area contributed by atoms with Crippen molar-refractivity contribution in [2.45, 2.75) is 0 Å². The molecule has 0 aliphatic rings. The van der Waals surface area contributed by atoms with Crippen molar-refractivity contribution in [3.8, 4) is 0 Å². The Kier molecular flexibility index (Phi) is 5.05. The highest BCUT2D eigenvalue weighted by molar-refractivity contribution is 6.37. The topological polar surface area (TPSA) is 20.3 Å². The summed E-state index contributed by atoms with van der Waals surface area (Å²) < 4.78 is 0. The fourth-order valence-corrected chi connectivity index (χ4v) is 2.31. The summed E-state index contributed by atoms with van der Waals surface area (Å²) in [6.45, 7) is 0. The maximum atomic E-state index is 12.7. The lowest BCUT2D eigenvalue weighted by Gasteiger charge is -2.13. The predicted molar refractivity (Wildman–Crippen MR) is 88.9 cm³/mol. The fourth-order valence-electron chi connectivity index (χ4n) is 1.95. The summed E-state index contributed by atoms with van der Waals surface area (Å²) in [5.74, 6) is -0.0894. The molecule has 0 fully saturated rings. The SMILES string of the molecule is CN(C)C=C(C(=O)c1ccc(Cl)cc1)c1ccccc1Cl. The van der Waals surface area contributed by atoms with Gasteiger partial charge in [0.25, 0.3) is 0 Å². The van der Waals surface area contributed by atoms with E-state index >= 15 is 0 Å². The van der Waals surface area contributed by atoms with E-state index in [-0.39, 0.29) is 5.78 Å². The number of allylic oxidation sites excluding steroid dienone is 1. The molecule has 0 bridgehead atoms. The average Bonchev–Trinajstić information content (AvgIpc) is 2.45. The Morgan fingerprint density at radius 1 is 1.00 bits per heavy atom. The molecule has 2 nitrogen and oxygen atoms in total. The Balaban J connectivity index is 2.49. The molecule has 0 spiro atoms. The molecule has 2 rings (SSSR count). The highest BCUT2D eigenvalue weighted by Crippen LogP contribution is 2.27. The van der Waals surface area contributed by atoms with Gasteiger partial charge in [-0.3, -0.25) is 4.79 Å². The third-order valence-corrected chi connectivity index (χ3v) is 3.48. The first-order valence-corrected chi connectivity index (χ1v) is 7.18. The lowest BCUT2D eigenvalue weighted by atomic mass is 9.97. The minimum atomic E-state index is -0.0894. The molecule has 0 saturated heterocycles. The smallest absolute Gasteiger partial charge is 0.195 e. The van der Waals surface area contributed by atoms with E-state index < -0.39 is 0 Å². The first kappa shape index (κ1) is 15.6. The molecule has 0 saturated carbocycles. The molecule has 0 radical (unpaired) electrons. The van der Waals surface area contributed by atoms with Crippen molar-refractivity contribution in [2.24, 2.45) is 0 Å². The summed E-state index contributed by atoms with van der Waals surface area (Å²) in [5, 5.41) is 1.15. The number of benzene rings is 2. The molecular weight excluding hydrogens is 305 g/mol. The average molecular weight is 320 g/mol. The molecule has 0 amide bonds. The zero-order valence-electron chi connectivity index (χ0n) is 11.8. The van der Waals surface area contributed by atoms with Crippen molar-refractivity contribution in [1.82, 2.24) is 4.90 Å². The highest BCUT2D eigenvalue weighted by atomic mass is 35.5. The van der Waals surface area contributed by atoms with E-state index in [1.54, 1.807) is 36.5 Å². The van der Waals surface area contributed by atoms with Gasteiger partial charge in [0, 0.05) is 47.0 Å². The van der Waals surface area contributed by atoms with Crippen LogP contribution in [0.2, 0.25) is 10.0 Å². The van der Waals surface area contributed by atoms with Gasteiger partial charge in [-0.15, -0.1) is 0 Å². The molecule has 0 N–H and O–H groups in total. The number of carbonyl (C=O) groups is 1. The van der Waals surface area contributed by atoms with Gasteiger partial charge in [0.15, 0.2) is 5.78 Å². The zero-order valence-corrected chi connectivity index (χ0v) is 13.3. The van der Waals surface area contributed by atoms with E-state index in [0.29, 0.717) is 26.7 Å². The van der Waals surface area contributed by atoms with Gasteiger partial charge in [-0.05, 0) is 30.3 Å². The number of Topliss-reactive ketones (excluding diaryl/α,β-unsaturated/α-hetero) is 1. The lowest BCUT2D eigenvalue weighted by Crippen LogP contribution is -2.09. The summed E-state index contributed by atoms with van der Waals surface area (Å²) in [6, 6.07) is 14.1. The van der Waals surface area contributed by atoms with Crippen LogP contribution in [-0.2, 0) is 0 Å². The van der Waals surface area contributed by atoms with Crippen LogP contribution < -0.4 is 0 Å². The Bertz CT molecular complexity index is 675. The number of carbonyl (C=O) groups excluding carboxylic acids is 1. The van der Waals surface area contributed by atoms with E-state index in [9.17, 15) is 4.79 Å². The zero-order chi connectivity index (χ0) is 15.4. The van der Waals surface area contributed by atoms with E-state index in [1.807, 2.05) is 37.2 Å². The van der Waals surface area contributed by atoms with Crippen LogP contribution in [-0.4, -0.2) is 24.8 Å². The van der Waals surface area contributed by atoms with Crippen molar-refractivity contribution in [1.29, 1.82) is 0 Å². The first-order chi connectivity index (χ1) is 9.99. The molecule has 21 heavy (non-hydrogen) atoms. The van der Waals surface area contributed by atoms with Crippen molar-refractivity contribution in [3.63, 3.8) is 0 Å². The van der Waals surface area contributed by atoms with Crippen LogP contribution >= 0.6 is 23.2 Å². The fraction of sp³-hybridized carbons (Fsp3) is 0.118. The van der Waals surface area contributed by atoms with Crippen LogP contribution in [0.3, 0.4) is 0 Å². The summed E-state index contributed by atoms with van der Waals surface area (Å²) in [7, 11) is 3.73. The summed E-state index contributed by atoms with van der Waals surface area (Å²) in [4.78, 5) is 14.6. The van der Waals surface area contributed by atoms with E-state index in [4.69, 9.17) is 23.2 Å². The summed E-state index contributed by atoms with van der Waals surface area (Å²) >= 11 is 12.1. The van der Waals surface area contributed by atoms with Crippen LogP contribution in [0.4, 0.5) is 0 Å². The predicted octanol–water partition coefficient (Wildman–Crippen LogP) is 4.78. The van der Waals surface area contributed by atoms with Crippen molar-refractivity contribution >= 4 is 34.6 Å². The largest absolute Gasteiger partial charge is 0.383 e. The normalized spacial score (nSPS) is 11.3. The van der Waals surface area contributed by atoms with Crippen LogP contribution in [0.5, 0.6) is 0 Å². The second-order valence-corrected chi connectivity index (χ2v) is 5.67. The van der Waals surface area contributed by atoms with Gasteiger partial charge >= 0.3 is 0 Å². The molecule has 4 heteroatoms. The van der Waals surface area contributed by atoms with Gasteiger partial charge in [-0.25, -0.2) is 0 Å². The van der Waals surface area contributed by atoms with Crippen molar-refractivity contribution in [2.75, 3.05) is 14.1 Å². The van der Waals surface area contributed by atoms with Gasteiger partial charge in [0.2, 0.25) is 0 Å². The van der Waals surface area contributed by atoms with Crippen LogP contribution in [0.1, 0.15) is 15.9 Å². The van der Waals surface area contributed by atoms with E-state index in [0.717, 1.165) is 0 Å². The minimum Gasteiger partial charge on any atom is -0.383 e. The molecule has 0 aromatic heterocycles. The van der Waals surface area contributed by atoms with Gasteiger partial charge in [0.05, 0.1) is 0 Å². The number of nitrogens with zero attached hydrogens (tertiary/aromatic N) is 1. The standard InChI is InChI=1S/C17H15Cl2NO/c1-20(2)11-15(14-5-3-4-6-16(14)19)17(21)12-7-9-13(18)10-8-12/h3-11H,1-2H3. The molecule has 0 heterocycles. The highest BCUT2D eigenvalue weighted by Gasteiger charge is 2.17. The van der Waals surface area contributed by atoms with Gasteiger partial charge in [-0.1, -0.05) is 41.4 Å². The summed E-state index contributed by atoms with van der Waals surface area (Å²) in [5.41, 5.74) is 1.84. The molecule has 108 valence electrons. The second-order valence-electron chi connectivity index (χ2n) is 4.82. The maximum absolute atomic E-state index is 12.7. The monoisotopic (exact) mass is 319 g/mol. The number of hydrogen-bond acceptors (Lipinski definition) is 2. The van der Waals surface area contributed by atoms with E-state index in [2.05, 4.69) is 0 Å². The molecule has 0 atom stereocenters. The van der Waals surface area contributed by atoms with Crippen LogP contribution in [0, 0.1) is 0 Å². The second kappa shape index (κ2) is 6.79. The van der Waals surface area contributed by atoms with Crippen LogP contribution in [0.25, 0.3) is 5.57 Å². The van der Waals surface area contributed by atoms with Crippen molar-refractivity contribution in [3.05, 3.63) is 75.9 Å². The van der Waals surface area contributed by atoms with Crippen LogP contribution in [0.15, 0.2) is 54.7 Å². The van der Waals surface area contributed by atoms with Gasteiger partial charge in [0.1, 0.15) is 0 Å². The molecule has 0 unspecified atom stereocenters.